The number of nitrogens with zero attached hydrogens (tertiary/aromatic N) is 3. The predicted molar refractivity (Wildman–Crippen MR) is 129 cm³/mol. The minimum atomic E-state index is -3.98. The molecule has 2 unspecified atom stereocenters. The topological polar surface area (TPSA) is 121 Å². The molecule has 2 aliphatic heterocycles. The van der Waals surface area contributed by atoms with Gasteiger partial charge >= 0.3 is 0 Å². The van der Waals surface area contributed by atoms with Crippen LogP contribution in [0.15, 0.2) is 51.1 Å². The zero-order chi connectivity index (χ0) is 23.6. The number of aromatic nitrogens is 4. The number of fused-ring (bicyclic) bond motifs is 5. The average molecular weight is 479 g/mol. The number of aromatic amines is 1. The molecule has 2 aliphatic rings. The average Bonchev–Trinajstić information content (AvgIpc) is 3.36. The van der Waals surface area contributed by atoms with Crippen LogP contribution >= 0.6 is 0 Å². The van der Waals surface area contributed by atoms with Crippen LogP contribution in [0.2, 0.25) is 0 Å². The quantitative estimate of drug-likeness (QED) is 0.412. The first-order chi connectivity index (χ1) is 16.3. The van der Waals surface area contributed by atoms with Crippen molar-refractivity contribution < 1.29 is 8.42 Å². The first-order valence-corrected chi connectivity index (χ1v) is 13.0. The van der Waals surface area contributed by atoms with Crippen LogP contribution in [0.25, 0.3) is 16.6 Å². The van der Waals surface area contributed by atoms with Crippen molar-refractivity contribution in [1.29, 1.82) is 0 Å². The van der Waals surface area contributed by atoms with Crippen LogP contribution < -0.4 is 16.2 Å². The predicted octanol–water partition coefficient (Wildman–Crippen LogP) is 2.72. The maximum absolute atomic E-state index is 13.4. The van der Waals surface area contributed by atoms with Crippen LogP contribution in [0.5, 0.6) is 0 Å². The van der Waals surface area contributed by atoms with E-state index in [1.165, 1.54) is 17.4 Å². The summed E-state index contributed by atoms with van der Waals surface area (Å²) in [5.74, 6) is 0. The minimum absolute atomic E-state index is 0.00506. The fraction of sp³-hybridized carbons (Fsp3) is 0.375. The number of piperidine rings is 1. The lowest BCUT2D eigenvalue weighted by Crippen LogP contribution is -2.43. The van der Waals surface area contributed by atoms with Gasteiger partial charge in [0.05, 0.1) is 15.8 Å². The van der Waals surface area contributed by atoms with E-state index in [-0.39, 0.29) is 15.6 Å². The van der Waals surface area contributed by atoms with Crippen LogP contribution in [-0.2, 0) is 9.84 Å². The van der Waals surface area contributed by atoms with Gasteiger partial charge in [0, 0.05) is 23.8 Å². The smallest absolute Gasteiger partial charge is 0.281 e. The summed E-state index contributed by atoms with van der Waals surface area (Å²) in [6.07, 6.45) is 4.55. The molecule has 34 heavy (non-hydrogen) atoms. The van der Waals surface area contributed by atoms with Crippen LogP contribution in [-0.4, -0.2) is 46.4 Å². The molecule has 9 nitrogen and oxygen atoms in total. The molecule has 2 saturated heterocycles. The molecular formula is C24H26N6O3S. The lowest BCUT2D eigenvalue weighted by atomic mass is 9.99. The molecule has 2 aromatic heterocycles. The Hall–Kier alpha value is -3.24. The molecule has 0 spiro atoms. The van der Waals surface area contributed by atoms with Crippen LogP contribution in [0.3, 0.4) is 0 Å². The number of nitrogens with one attached hydrogen (secondary N) is 3. The van der Waals surface area contributed by atoms with Gasteiger partial charge < -0.3 is 10.6 Å². The first-order valence-electron chi connectivity index (χ1n) is 11.6. The van der Waals surface area contributed by atoms with Gasteiger partial charge in [-0.25, -0.2) is 18.1 Å². The van der Waals surface area contributed by atoms with Gasteiger partial charge in [0.25, 0.3) is 5.56 Å². The number of rotatable bonds is 4. The normalized spacial score (nSPS) is 22.5. The molecule has 0 saturated carbocycles. The number of anilines is 1. The van der Waals surface area contributed by atoms with Crippen molar-refractivity contribution in [2.75, 3.05) is 5.32 Å². The Morgan fingerprint density at radius 3 is 2.56 bits per heavy atom. The van der Waals surface area contributed by atoms with Crippen LogP contribution in [0.1, 0.15) is 36.8 Å². The highest BCUT2D eigenvalue weighted by molar-refractivity contribution is 7.91. The molecule has 2 fully saturated rings. The summed E-state index contributed by atoms with van der Waals surface area (Å²) in [5.41, 5.74) is 2.50. The highest BCUT2D eigenvalue weighted by Gasteiger charge is 2.33. The fourth-order valence-electron chi connectivity index (χ4n) is 5.49. The van der Waals surface area contributed by atoms with Gasteiger partial charge in [0.1, 0.15) is 0 Å². The van der Waals surface area contributed by atoms with Crippen LogP contribution in [0, 0.1) is 13.8 Å². The number of H-pyrrole nitrogens is 1. The zero-order valence-electron chi connectivity index (χ0n) is 19.0. The molecule has 176 valence electrons. The van der Waals surface area contributed by atoms with Crippen molar-refractivity contribution in [2.45, 2.75) is 67.6 Å². The Morgan fingerprint density at radius 1 is 1.06 bits per heavy atom. The Labute approximate surface area is 196 Å². The maximum atomic E-state index is 13.4. The lowest BCUT2D eigenvalue weighted by molar-refractivity contribution is 0.378. The molecule has 4 aromatic rings. The Kier molecular flexibility index (Phi) is 4.79. The third-order valence-electron chi connectivity index (χ3n) is 7.05. The van der Waals surface area contributed by atoms with Gasteiger partial charge in [0.2, 0.25) is 14.9 Å². The van der Waals surface area contributed by atoms with Crippen molar-refractivity contribution in [2.24, 2.45) is 0 Å². The molecule has 10 heteroatoms. The number of benzene rings is 2. The monoisotopic (exact) mass is 478 g/mol. The van der Waals surface area contributed by atoms with E-state index in [9.17, 15) is 13.2 Å². The van der Waals surface area contributed by atoms with E-state index < -0.39 is 15.4 Å². The Bertz CT molecular complexity index is 1590. The van der Waals surface area contributed by atoms with Gasteiger partial charge in [-0.2, -0.15) is 4.98 Å². The summed E-state index contributed by atoms with van der Waals surface area (Å²) in [4.78, 5) is 17.1. The van der Waals surface area contributed by atoms with Gasteiger partial charge in [0.15, 0.2) is 5.65 Å². The van der Waals surface area contributed by atoms with Crippen molar-refractivity contribution in [3.63, 3.8) is 0 Å². The Balaban J connectivity index is 1.44. The maximum Gasteiger partial charge on any atom is 0.281 e. The molecule has 4 heterocycles. The molecule has 2 atom stereocenters. The molecule has 2 aromatic carbocycles. The lowest BCUT2D eigenvalue weighted by Gasteiger charge is -2.30. The summed E-state index contributed by atoms with van der Waals surface area (Å²) in [7, 11) is -3.98. The summed E-state index contributed by atoms with van der Waals surface area (Å²) >= 11 is 0. The molecule has 3 N–H and O–H groups in total. The summed E-state index contributed by atoms with van der Waals surface area (Å²) < 4.78 is 28.3. The second-order valence-corrected chi connectivity index (χ2v) is 11.4. The highest BCUT2D eigenvalue weighted by atomic mass is 32.2. The highest BCUT2D eigenvalue weighted by Crippen LogP contribution is 2.30. The molecule has 6 rings (SSSR count). The largest absolute Gasteiger partial charge is 0.382 e. The number of aryl methyl sites for hydroxylation is 2. The molecule has 0 amide bonds. The number of sulfone groups is 1. The van der Waals surface area contributed by atoms with E-state index in [2.05, 4.69) is 25.9 Å². The third kappa shape index (κ3) is 3.40. The van der Waals surface area contributed by atoms with E-state index in [4.69, 9.17) is 0 Å². The molecule has 2 bridgehead atoms. The van der Waals surface area contributed by atoms with Gasteiger partial charge in [-0.05, 0) is 69.4 Å². The summed E-state index contributed by atoms with van der Waals surface area (Å²) in [5, 5.41) is 14.2. The van der Waals surface area contributed by atoms with Crippen molar-refractivity contribution in [3.8, 4) is 0 Å². The second kappa shape index (κ2) is 7.64. The number of hydrogen-bond acceptors (Lipinski definition) is 7. The minimum Gasteiger partial charge on any atom is -0.382 e. The van der Waals surface area contributed by atoms with E-state index in [0.717, 1.165) is 24.1 Å². The molecular weight excluding hydrogens is 452 g/mol. The van der Waals surface area contributed by atoms with Crippen LogP contribution in [0.4, 0.5) is 5.69 Å². The first kappa shape index (κ1) is 21.3. The van der Waals surface area contributed by atoms with Gasteiger partial charge in [-0.1, -0.05) is 17.7 Å². The van der Waals surface area contributed by atoms with E-state index in [1.54, 1.807) is 25.1 Å². The summed E-state index contributed by atoms with van der Waals surface area (Å²) in [6.45, 7) is 3.65. The molecule has 0 aliphatic carbocycles. The standard InChI is InChI=1S/C24H26N6O3S/c1-13-3-8-21(14(2)9-13)34(32,33)24-22-27-23(31)19-7-6-17(12-20(19)30(22)29-28-24)26-18-10-15-4-5-16(11-18)25-15/h3,6-9,12,15-16,18,25-26,29H,4-5,10-11H2,1-2H3. The fourth-order valence-corrected chi connectivity index (χ4v) is 6.97. The van der Waals surface area contributed by atoms with E-state index in [1.807, 2.05) is 25.1 Å². The zero-order valence-corrected chi connectivity index (χ0v) is 19.8. The SMILES string of the molecule is Cc1ccc(S(=O)(=O)c2n[nH]n3c2nc(=O)c2ccc(NC4CC5CCC(C4)N5)cc23)c(C)c1. The van der Waals surface area contributed by atoms with E-state index >= 15 is 0 Å². The third-order valence-corrected chi connectivity index (χ3v) is 8.87. The van der Waals surface area contributed by atoms with E-state index in [0.29, 0.717) is 34.6 Å². The van der Waals surface area contributed by atoms with Crippen molar-refractivity contribution in [1.82, 2.24) is 25.1 Å². The Morgan fingerprint density at radius 2 is 1.82 bits per heavy atom. The summed E-state index contributed by atoms with van der Waals surface area (Å²) in [6, 6.07) is 12.1. The second-order valence-electron chi connectivity index (χ2n) is 9.55. The number of hydrogen-bond donors (Lipinski definition) is 3. The van der Waals surface area contributed by atoms with Gasteiger partial charge in [-0.3, -0.25) is 4.79 Å². The van der Waals surface area contributed by atoms with Crippen molar-refractivity contribution in [3.05, 3.63) is 57.9 Å². The van der Waals surface area contributed by atoms with Crippen molar-refractivity contribution >= 4 is 32.1 Å². The molecule has 0 radical (unpaired) electrons. The van der Waals surface area contributed by atoms with Gasteiger partial charge in [-0.15, -0.1) is 5.10 Å².